The number of ether oxygens (including phenoxy) is 1. The zero-order chi connectivity index (χ0) is 16.1. The summed E-state index contributed by atoms with van der Waals surface area (Å²) in [7, 11) is 1.76. The number of rotatable bonds is 5. The van der Waals surface area contributed by atoms with Gasteiger partial charge < -0.3 is 19.8 Å². The molecule has 0 aliphatic carbocycles. The molecule has 2 aliphatic heterocycles. The first-order valence-electron chi connectivity index (χ1n) is 8.74. The van der Waals surface area contributed by atoms with E-state index in [4.69, 9.17) is 9.57 Å². The average molecular weight is 319 g/mol. The number of nitrogens with zero attached hydrogens (tertiary/aromatic N) is 2. The minimum atomic E-state index is 0.370. The highest BCUT2D eigenvalue weighted by Crippen LogP contribution is 2.23. The molecule has 1 aromatic carbocycles. The first kappa shape index (κ1) is 16.7. The van der Waals surface area contributed by atoms with Gasteiger partial charge in [-0.1, -0.05) is 12.1 Å². The first-order valence-corrected chi connectivity index (χ1v) is 8.74. The molecular weight excluding hydrogens is 290 g/mol. The molecule has 1 unspecified atom stereocenters. The van der Waals surface area contributed by atoms with Crippen LogP contribution in [0.2, 0.25) is 0 Å². The Balaban J connectivity index is 1.57. The lowest BCUT2D eigenvalue weighted by atomic mass is 10.0. The van der Waals surface area contributed by atoms with Gasteiger partial charge in [0.1, 0.15) is 0 Å². The van der Waals surface area contributed by atoms with Crippen LogP contribution in [0.25, 0.3) is 0 Å². The highest BCUT2D eigenvalue weighted by Gasteiger charge is 2.21. The molecule has 2 saturated heterocycles. The van der Waals surface area contributed by atoms with E-state index in [9.17, 15) is 0 Å². The second kappa shape index (κ2) is 8.11. The van der Waals surface area contributed by atoms with Crippen LogP contribution in [0, 0.1) is 0 Å². The first-order chi connectivity index (χ1) is 11.3. The highest BCUT2D eigenvalue weighted by atomic mass is 16.7. The zero-order valence-electron chi connectivity index (χ0n) is 14.3. The van der Waals surface area contributed by atoms with Crippen molar-refractivity contribution in [3.05, 3.63) is 29.8 Å². The Morgan fingerprint density at radius 3 is 2.61 bits per heavy atom. The molecule has 3 rings (SSSR count). The molecule has 0 bridgehead atoms. The van der Waals surface area contributed by atoms with Gasteiger partial charge in [0.15, 0.2) is 0 Å². The van der Waals surface area contributed by atoms with Gasteiger partial charge in [0.2, 0.25) is 0 Å². The number of anilines is 1. The summed E-state index contributed by atoms with van der Waals surface area (Å²) in [6.07, 6.45) is 2.28. The molecule has 0 amide bonds. The summed E-state index contributed by atoms with van der Waals surface area (Å²) in [6, 6.07) is 9.88. The lowest BCUT2D eigenvalue weighted by Gasteiger charge is -2.33. The summed E-state index contributed by atoms with van der Waals surface area (Å²) >= 11 is 0. The summed E-state index contributed by atoms with van der Waals surface area (Å²) in [5.74, 6) is 0. The number of hydrogen-bond donors (Lipinski definition) is 1. The fourth-order valence-corrected chi connectivity index (χ4v) is 3.47. The number of nitrogens with one attached hydrogen (secondary N) is 1. The molecule has 2 aliphatic rings. The van der Waals surface area contributed by atoms with Gasteiger partial charge in [-0.3, -0.25) is 0 Å². The van der Waals surface area contributed by atoms with E-state index in [1.54, 1.807) is 7.11 Å². The van der Waals surface area contributed by atoms with E-state index in [0.717, 1.165) is 52.2 Å². The monoisotopic (exact) mass is 319 g/mol. The van der Waals surface area contributed by atoms with Crippen LogP contribution in [-0.2, 0) is 9.57 Å². The van der Waals surface area contributed by atoms with Gasteiger partial charge in [0.25, 0.3) is 0 Å². The molecule has 0 spiro atoms. The SMILES string of the molecule is CON1CCC(NC(C)c2cccc(N3CCOCC3)c2)CC1. The van der Waals surface area contributed by atoms with Crippen LogP contribution < -0.4 is 10.2 Å². The van der Waals surface area contributed by atoms with E-state index in [1.165, 1.54) is 11.3 Å². The van der Waals surface area contributed by atoms with Crippen LogP contribution in [0.3, 0.4) is 0 Å². The number of hydrogen-bond acceptors (Lipinski definition) is 5. The van der Waals surface area contributed by atoms with Crippen LogP contribution in [-0.4, -0.2) is 57.6 Å². The molecule has 0 aromatic heterocycles. The maximum atomic E-state index is 5.45. The van der Waals surface area contributed by atoms with Crippen molar-refractivity contribution in [3.63, 3.8) is 0 Å². The Morgan fingerprint density at radius 1 is 1.17 bits per heavy atom. The summed E-state index contributed by atoms with van der Waals surface area (Å²) in [5, 5.41) is 5.83. The van der Waals surface area contributed by atoms with E-state index in [1.807, 2.05) is 5.06 Å². The second-order valence-corrected chi connectivity index (χ2v) is 6.47. The molecule has 2 heterocycles. The van der Waals surface area contributed by atoms with Crippen molar-refractivity contribution in [2.45, 2.75) is 31.8 Å². The molecular formula is C18H29N3O2. The minimum Gasteiger partial charge on any atom is -0.378 e. The molecule has 1 aromatic rings. The topological polar surface area (TPSA) is 37.0 Å². The van der Waals surface area contributed by atoms with Crippen molar-refractivity contribution < 1.29 is 9.57 Å². The van der Waals surface area contributed by atoms with Crippen molar-refractivity contribution in [1.29, 1.82) is 0 Å². The van der Waals surface area contributed by atoms with E-state index in [-0.39, 0.29) is 0 Å². The van der Waals surface area contributed by atoms with Gasteiger partial charge in [-0.15, -0.1) is 0 Å². The third kappa shape index (κ3) is 4.44. The molecule has 5 heteroatoms. The van der Waals surface area contributed by atoms with Crippen LogP contribution in [0.15, 0.2) is 24.3 Å². The second-order valence-electron chi connectivity index (χ2n) is 6.47. The summed E-state index contributed by atoms with van der Waals surface area (Å²) < 4.78 is 5.45. The smallest absolute Gasteiger partial charge is 0.0642 e. The van der Waals surface area contributed by atoms with Gasteiger partial charge in [-0.25, -0.2) is 0 Å². The average Bonchev–Trinajstić information content (AvgIpc) is 2.63. The third-order valence-electron chi connectivity index (χ3n) is 4.94. The lowest BCUT2D eigenvalue weighted by Crippen LogP contribution is -2.42. The number of piperidine rings is 1. The van der Waals surface area contributed by atoms with Crippen molar-refractivity contribution in [2.24, 2.45) is 0 Å². The van der Waals surface area contributed by atoms with E-state index >= 15 is 0 Å². The predicted molar refractivity (Wildman–Crippen MR) is 92.6 cm³/mol. The molecule has 1 atom stereocenters. The fraction of sp³-hybridized carbons (Fsp3) is 0.667. The Morgan fingerprint density at radius 2 is 1.91 bits per heavy atom. The highest BCUT2D eigenvalue weighted by molar-refractivity contribution is 5.49. The van der Waals surface area contributed by atoms with E-state index in [0.29, 0.717) is 12.1 Å². The van der Waals surface area contributed by atoms with Gasteiger partial charge in [-0.2, -0.15) is 5.06 Å². The Hall–Kier alpha value is -1.14. The van der Waals surface area contributed by atoms with Crippen LogP contribution in [0.1, 0.15) is 31.4 Å². The lowest BCUT2D eigenvalue weighted by molar-refractivity contribution is -0.144. The van der Waals surface area contributed by atoms with Gasteiger partial charge >= 0.3 is 0 Å². The number of benzene rings is 1. The fourth-order valence-electron chi connectivity index (χ4n) is 3.47. The quantitative estimate of drug-likeness (QED) is 0.900. The van der Waals surface area contributed by atoms with E-state index in [2.05, 4.69) is 41.4 Å². The van der Waals surface area contributed by atoms with Crippen LogP contribution in [0.5, 0.6) is 0 Å². The zero-order valence-corrected chi connectivity index (χ0v) is 14.3. The van der Waals surface area contributed by atoms with Gasteiger partial charge in [-0.05, 0) is 37.5 Å². The summed E-state index contributed by atoms with van der Waals surface area (Å²) in [4.78, 5) is 7.72. The van der Waals surface area contributed by atoms with Crippen molar-refractivity contribution >= 4 is 5.69 Å². The third-order valence-corrected chi connectivity index (χ3v) is 4.94. The molecule has 0 radical (unpaired) electrons. The number of morpholine rings is 1. The van der Waals surface area contributed by atoms with Crippen molar-refractivity contribution in [3.8, 4) is 0 Å². The van der Waals surface area contributed by atoms with E-state index < -0.39 is 0 Å². The van der Waals surface area contributed by atoms with Gasteiger partial charge in [0, 0.05) is 44.0 Å². The largest absolute Gasteiger partial charge is 0.378 e. The van der Waals surface area contributed by atoms with Gasteiger partial charge in [0.05, 0.1) is 20.3 Å². The molecule has 1 N–H and O–H groups in total. The molecule has 5 nitrogen and oxygen atoms in total. The number of hydroxylamine groups is 2. The van der Waals surface area contributed by atoms with Crippen LogP contribution in [0.4, 0.5) is 5.69 Å². The minimum absolute atomic E-state index is 0.370. The normalized spacial score (nSPS) is 22.3. The Kier molecular flexibility index (Phi) is 5.89. The molecule has 2 fully saturated rings. The van der Waals surface area contributed by atoms with Crippen molar-refractivity contribution in [2.75, 3.05) is 51.4 Å². The standard InChI is InChI=1S/C18H29N3O2/c1-15(19-17-6-8-21(22-2)9-7-17)16-4-3-5-18(14-16)20-10-12-23-13-11-20/h3-5,14-15,17,19H,6-13H2,1-2H3. The maximum Gasteiger partial charge on any atom is 0.0642 e. The Labute approximate surface area is 139 Å². The molecule has 128 valence electrons. The summed E-state index contributed by atoms with van der Waals surface area (Å²) in [6.45, 7) is 7.91. The van der Waals surface area contributed by atoms with Crippen LogP contribution >= 0.6 is 0 Å². The molecule has 0 saturated carbocycles. The summed E-state index contributed by atoms with van der Waals surface area (Å²) in [5.41, 5.74) is 2.68. The Bertz CT molecular complexity index is 483. The predicted octanol–water partition coefficient (Wildman–Crippen LogP) is 2.20. The van der Waals surface area contributed by atoms with Crippen molar-refractivity contribution in [1.82, 2.24) is 10.4 Å². The molecule has 23 heavy (non-hydrogen) atoms. The maximum absolute atomic E-state index is 5.45.